The molecular weight excluding hydrogens is 422 g/mol. The van der Waals surface area contributed by atoms with Gasteiger partial charge in [-0.05, 0) is 52.3 Å². The van der Waals surface area contributed by atoms with Gasteiger partial charge >= 0.3 is 0 Å². The zero-order chi connectivity index (χ0) is 18.6. The van der Waals surface area contributed by atoms with E-state index in [4.69, 9.17) is 4.98 Å². The Bertz CT molecular complexity index is 1080. The molecule has 0 aliphatic carbocycles. The second-order valence-corrected chi connectivity index (χ2v) is 7.50. The predicted molar refractivity (Wildman–Crippen MR) is 113 cm³/mol. The SMILES string of the molecule is O=C(Nc1ccc(-c2csc(-c3ccncc3)n2)cc1)c1ccccc1Br. The molecule has 0 unspecified atom stereocenters. The van der Waals surface area contributed by atoms with Crippen LogP contribution in [-0.2, 0) is 0 Å². The maximum atomic E-state index is 12.4. The molecule has 0 radical (unpaired) electrons. The second kappa shape index (κ2) is 7.82. The fourth-order valence-electron chi connectivity index (χ4n) is 2.60. The first-order valence-electron chi connectivity index (χ1n) is 8.23. The molecule has 4 nitrogen and oxygen atoms in total. The van der Waals surface area contributed by atoms with Gasteiger partial charge in [-0.1, -0.05) is 24.3 Å². The van der Waals surface area contributed by atoms with Crippen LogP contribution in [0.25, 0.3) is 21.8 Å². The van der Waals surface area contributed by atoms with E-state index in [0.717, 1.165) is 32.0 Å². The summed E-state index contributed by atoms with van der Waals surface area (Å²) in [5, 5.41) is 5.90. The molecule has 4 rings (SSSR count). The standard InChI is InChI=1S/C21H14BrN3OS/c22-18-4-2-1-3-17(18)20(26)24-16-7-5-14(6-8-16)19-13-27-21(25-19)15-9-11-23-12-10-15/h1-13H,(H,24,26). The number of thiazole rings is 1. The summed E-state index contributed by atoms with van der Waals surface area (Å²) < 4.78 is 0.769. The number of anilines is 1. The third-order valence-corrected chi connectivity index (χ3v) is 5.57. The molecule has 0 fully saturated rings. The van der Waals surface area contributed by atoms with Gasteiger partial charge in [0.2, 0.25) is 0 Å². The maximum absolute atomic E-state index is 12.4. The van der Waals surface area contributed by atoms with Gasteiger partial charge in [0.05, 0.1) is 11.3 Å². The number of carbonyl (C=O) groups is 1. The molecule has 2 aromatic heterocycles. The molecule has 0 saturated heterocycles. The van der Waals surface area contributed by atoms with Crippen molar-refractivity contribution in [2.75, 3.05) is 5.32 Å². The Hall–Kier alpha value is -2.83. The van der Waals surface area contributed by atoms with Gasteiger partial charge in [-0.2, -0.15) is 0 Å². The van der Waals surface area contributed by atoms with Gasteiger partial charge in [0.15, 0.2) is 0 Å². The lowest BCUT2D eigenvalue weighted by Gasteiger charge is -2.07. The van der Waals surface area contributed by atoms with Crippen molar-refractivity contribution < 1.29 is 4.79 Å². The first kappa shape index (κ1) is 17.6. The smallest absolute Gasteiger partial charge is 0.256 e. The lowest BCUT2D eigenvalue weighted by Crippen LogP contribution is -2.12. The van der Waals surface area contributed by atoms with Gasteiger partial charge in [0, 0.05) is 39.1 Å². The number of rotatable bonds is 4. The molecule has 0 spiro atoms. The van der Waals surface area contributed by atoms with Crippen molar-refractivity contribution in [3.05, 3.63) is 88.5 Å². The van der Waals surface area contributed by atoms with Gasteiger partial charge in [-0.25, -0.2) is 4.98 Å². The number of nitrogens with zero attached hydrogens (tertiary/aromatic N) is 2. The summed E-state index contributed by atoms with van der Waals surface area (Å²) >= 11 is 5.00. The van der Waals surface area contributed by atoms with Crippen LogP contribution in [0.5, 0.6) is 0 Å². The molecule has 2 heterocycles. The van der Waals surface area contributed by atoms with Crippen LogP contribution in [0.15, 0.2) is 82.9 Å². The van der Waals surface area contributed by atoms with Crippen LogP contribution in [-0.4, -0.2) is 15.9 Å². The minimum atomic E-state index is -0.149. The number of halogens is 1. The summed E-state index contributed by atoms with van der Waals surface area (Å²) in [5.41, 5.74) is 4.31. The Morgan fingerprint density at radius 2 is 1.67 bits per heavy atom. The molecule has 0 atom stereocenters. The van der Waals surface area contributed by atoms with E-state index in [9.17, 15) is 4.79 Å². The Balaban J connectivity index is 1.50. The molecule has 132 valence electrons. The molecule has 0 aliphatic heterocycles. The number of nitrogens with one attached hydrogen (secondary N) is 1. The molecule has 6 heteroatoms. The van der Waals surface area contributed by atoms with Crippen LogP contribution in [0.1, 0.15) is 10.4 Å². The van der Waals surface area contributed by atoms with E-state index in [-0.39, 0.29) is 5.91 Å². The molecule has 1 amide bonds. The minimum absolute atomic E-state index is 0.149. The van der Waals surface area contributed by atoms with Crippen molar-refractivity contribution >= 4 is 38.9 Å². The van der Waals surface area contributed by atoms with Gasteiger partial charge in [0.1, 0.15) is 5.01 Å². The Morgan fingerprint density at radius 1 is 0.926 bits per heavy atom. The fraction of sp³-hybridized carbons (Fsp3) is 0. The van der Waals surface area contributed by atoms with E-state index >= 15 is 0 Å². The van der Waals surface area contributed by atoms with Crippen molar-refractivity contribution in [3.63, 3.8) is 0 Å². The minimum Gasteiger partial charge on any atom is -0.322 e. The second-order valence-electron chi connectivity index (χ2n) is 5.79. The predicted octanol–water partition coefficient (Wildman–Crippen LogP) is 5.89. The quantitative estimate of drug-likeness (QED) is 0.434. The van der Waals surface area contributed by atoms with E-state index in [1.807, 2.05) is 60.0 Å². The number of hydrogen-bond acceptors (Lipinski definition) is 4. The summed E-state index contributed by atoms with van der Waals surface area (Å²) in [7, 11) is 0. The number of aromatic nitrogens is 2. The van der Waals surface area contributed by atoms with Gasteiger partial charge < -0.3 is 5.32 Å². The van der Waals surface area contributed by atoms with Crippen LogP contribution < -0.4 is 5.32 Å². The lowest BCUT2D eigenvalue weighted by atomic mass is 10.1. The highest BCUT2D eigenvalue weighted by Crippen LogP contribution is 2.29. The van der Waals surface area contributed by atoms with Gasteiger partial charge in [-0.3, -0.25) is 9.78 Å². The highest BCUT2D eigenvalue weighted by molar-refractivity contribution is 9.10. The maximum Gasteiger partial charge on any atom is 0.256 e. The number of hydrogen-bond donors (Lipinski definition) is 1. The van der Waals surface area contributed by atoms with E-state index in [1.54, 1.807) is 29.8 Å². The normalized spacial score (nSPS) is 10.6. The zero-order valence-corrected chi connectivity index (χ0v) is 16.5. The molecular formula is C21H14BrN3OS. The summed E-state index contributed by atoms with van der Waals surface area (Å²) in [6, 6.07) is 18.9. The number of amides is 1. The van der Waals surface area contributed by atoms with Crippen LogP contribution >= 0.6 is 27.3 Å². The van der Waals surface area contributed by atoms with Crippen molar-refractivity contribution in [2.45, 2.75) is 0 Å². The summed E-state index contributed by atoms with van der Waals surface area (Å²) in [6.45, 7) is 0. The number of benzene rings is 2. The van der Waals surface area contributed by atoms with Crippen LogP contribution in [0, 0.1) is 0 Å². The molecule has 1 N–H and O–H groups in total. The lowest BCUT2D eigenvalue weighted by molar-refractivity contribution is 0.102. The number of carbonyl (C=O) groups excluding carboxylic acids is 1. The highest BCUT2D eigenvalue weighted by Gasteiger charge is 2.10. The van der Waals surface area contributed by atoms with Crippen molar-refractivity contribution in [3.8, 4) is 21.8 Å². The van der Waals surface area contributed by atoms with Crippen molar-refractivity contribution in [1.29, 1.82) is 0 Å². The van der Waals surface area contributed by atoms with E-state index in [0.29, 0.717) is 5.56 Å². The summed E-state index contributed by atoms with van der Waals surface area (Å²) in [4.78, 5) is 21.1. The van der Waals surface area contributed by atoms with Crippen molar-refractivity contribution in [2.24, 2.45) is 0 Å². The largest absolute Gasteiger partial charge is 0.322 e. The van der Waals surface area contributed by atoms with E-state index in [1.165, 1.54) is 0 Å². The Labute approximate surface area is 169 Å². The summed E-state index contributed by atoms with van der Waals surface area (Å²) in [6.07, 6.45) is 3.53. The Morgan fingerprint density at radius 3 is 2.41 bits per heavy atom. The topological polar surface area (TPSA) is 54.9 Å². The molecule has 27 heavy (non-hydrogen) atoms. The van der Waals surface area contributed by atoms with E-state index in [2.05, 4.69) is 26.2 Å². The average molecular weight is 436 g/mol. The first-order valence-corrected chi connectivity index (χ1v) is 9.90. The van der Waals surface area contributed by atoms with Gasteiger partial charge in [0.25, 0.3) is 5.91 Å². The first-order chi connectivity index (χ1) is 13.2. The zero-order valence-electron chi connectivity index (χ0n) is 14.1. The summed E-state index contributed by atoms with van der Waals surface area (Å²) in [5.74, 6) is -0.149. The molecule has 0 saturated carbocycles. The average Bonchev–Trinajstić information content (AvgIpc) is 3.20. The van der Waals surface area contributed by atoms with Crippen LogP contribution in [0.3, 0.4) is 0 Å². The third kappa shape index (κ3) is 3.97. The molecule has 0 bridgehead atoms. The van der Waals surface area contributed by atoms with Gasteiger partial charge in [-0.15, -0.1) is 11.3 Å². The Kier molecular flexibility index (Phi) is 5.09. The number of pyridine rings is 1. The van der Waals surface area contributed by atoms with Crippen molar-refractivity contribution in [1.82, 2.24) is 9.97 Å². The van der Waals surface area contributed by atoms with Crippen LogP contribution in [0.4, 0.5) is 5.69 Å². The monoisotopic (exact) mass is 435 g/mol. The van der Waals surface area contributed by atoms with Crippen LogP contribution in [0.2, 0.25) is 0 Å². The fourth-order valence-corrected chi connectivity index (χ4v) is 3.90. The third-order valence-electron chi connectivity index (χ3n) is 3.99. The van der Waals surface area contributed by atoms with E-state index < -0.39 is 0 Å². The molecule has 0 aliphatic rings. The molecule has 2 aromatic carbocycles. The highest BCUT2D eigenvalue weighted by atomic mass is 79.9. The molecule has 4 aromatic rings.